The summed E-state index contributed by atoms with van der Waals surface area (Å²) in [6.07, 6.45) is 0. The van der Waals surface area contributed by atoms with Gasteiger partial charge in [0.1, 0.15) is 0 Å². The van der Waals surface area contributed by atoms with E-state index in [1.165, 1.54) is 10.6 Å². The lowest BCUT2D eigenvalue weighted by atomic mass is 10.1. The van der Waals surface area contributed by atoms with Crippen LogP contribution >= 0.6 is 0 Å². The van der Waals surface area contributed by atoms with Crippen LogP contribution in [-0.2, 0) is 6.54 Å². The molecule has 17 heavy (non-hydrogen) atoms. The van der Waals surface area contributed by atoms with E-state index >= 15 is 0 Å². The molecule has 0 aliphatic heterocycles. The van der Waals surface area contributed by atoms with Gasteiger partial charge < -0.3 is 0 Å². The van der Waals surface area contributed by atoms with E-state index < -0.39 is 5.95 Å². The summed E-state index contributed by atoms with van der Waals surface area (Å²) in [5.41, 5.74) is 1.33. The maximum atomic E-state index is 13.5. The number of Topliss-reactive ketones (excluding diaryl/α,β-unsaturated/α-hetero) is 1. The van der Waals surface area contributed by atoms with Crippen LogP contribution in [0.4, 0.5) is 4.39 Å². The van der Waals surface area contributed by atoms with Crippen molar-refractivity contribution in [3.63, 3.8) is 0 Å². The van der Waals surface area contributed by atoms with Crippen molar-refractivity contribution >= 4 is 5.78 Å². The van der Waals surface area contributed by atoms with Gasteiger partial charge in [0.25, 0.3) is 0 Å². The summed E-state index contributed by atoms with van der Waals surface area (Å²) < 4.78 is 14.9. The van der Waals surface area contributed by atoms with E-state index in [9.17, 15) is 9.18 Å². The molecule has 1 aromatic heterocycles. The molecule has 0 amide bonds. The van der Waals surface area contributed by atoms with Crippen molar-refractivity contribution in [2.45, 2.75) is 13.5 Å². The summed E-state index contributed by atoms with van der Waals surface area (Å²) in [6.45, 7) is 1.81. The van der Waals surface area contributed by atoms with Crippen molar-refractivity contribution in [1.29, 1.82) is 0 Å². The molecule has 1 heterocycles. The van der Waals surface area contributed by atoms with Crippen LogP contribution in [0.3, 0.4) is 0 Å². The van der Waals surface area contributed by atoms with Crippen molar-refractivity contribution in [2.24, 2.45) is 0 Å². The molecular weight excluding hydrogens is 217 g/mol. The molecule has 0 unspecified atom stereocenters. The van der Waals surface area contributed by atoms with Crippen molar-refractivity contribution in [3.8, 4) is 0 Å². The summed E-state index contributed by atoms with van der Waals surface area (Å²) in [5.74, 6) is -0.488. The van der Waals surface area contributed by atoms with E-state index in [1.54, 1.807) is 43.3 Å². The first kappa shape index (κ1) is 11.5. The van der Waals surface area contributed by atoms with E-state index in [0.717, 1.165) is 5.69 Å². The first-order valence-electron chi connectivity index (χ1n) is 5.41. The van der Waals surface area contributed by atoms with Crippen molar-refractivity contribution in [2.75, 3.05) is 0 Å². The zero-order valence-electron chi connectivity index (χ0n) is 9.56. The number of ketones is 1. The molecule has 0 aliphatic rings. The highest BCUT2D eigenvalue weighted by Crippen LogP contribution is 2.01. The van der Waals surface area contributed by atoms with Gasteiger partial charge in [-0.25, -0.2) is 0 Å². The molecule has 0 saturated heterocycles. The van der Waals surface area contributed by atoms with Gasteiger partial charge in [0, 0.05) is 24.6 Å². The Kier molecular flexibility index (Phi) is 3.28. The zero-order chi connectivity index (χ0) is 12.3. The monoisotopic (exact) mass is 230 g/mol. The zero-order valence-corrected chi connectivity index (χ0v) is 9.56. The van der Waals surface area contributed by atoms with Gasteiger partial charge in [-0.05, 0) is 6.07 Å². The molecule has 3 heteroatoms. The van der Waals surface area contributed by atoms with Gasteiger partial charge in [-0.2, -0.15) is 4.57 Å². The second-order valence-corrected chi connectivity index (χ2v) is 3.87. The van der Waals surface area contributed by atoms with Crippen LogP contribution in [0.5, 0.6) is 0 Å². The largest absolute Gasteiger partial charge is 0.360 e. The fourth-order valence-corrected chi connectivity index (χ4v) is 1.67. The normalized spacial score (nSPS) is 10.2. The Bertz CT molecular complexity index is 517. The summed E-state index contributed by atoms with van der Waals surface area (Å²) in [6, 6.07) is 13.7. The first-order valence-corrected chi connectivity index (χ1v) is 5.41. The third-order valence-electron chi connectivity index (χ3n) is 2.65. The summed E-state index contributed by atoms with van der Waals surface area (Å²) in [5, 5.41) is 0. The molecule has 0 fully saturated rings. The van der Waals surface area contributed by atoms with E-state index in [-0.39, 0.29) is 12.3 Å². The van der Waals surface area contributed by atoms with Crippen molar-refractivity contribution in [3.05, 3.63) is 65.7 Å². The number of rotatable bonds is 3. The van der Waals surface area contributed by atoms with E-state index in [0.29, 0.717) is 5.56 Å². The highest BCUT2D eigenvalue weighted by Gasteiger charge is 2.18. The number of hydrogen-bond donors (Lipinski definition) is 0. The van der Waals surface area contributed by atoms with Crippen LogP contribution in [0.25, 0.3) is 0 Å². The maximum Gasteiger partial charge on any atom is 0.360 e. The third-order valence-corrected chi connectivity index (χ3v) is 2.65. The van der Waals surface area contributed by atoms with E-state index in [4.69, 9.17) is 0 Å². The molecule has 0 radical (unpaired) electrons. The fraction of sp³-hybridized carbons (Fsp3) is 0.143. The summed E-state index contributed by atoms with van der Waals surface area (Å²) >= 11 is 0. The van der Waals surface area contributed by atoms with Gasteiger partial charge in [0.2, 0.25) is 12.3 Å². The minimum atomic E-state index is -0.394. The molecule has 1 aromatic carbocycles. The van der Waals surface area contributed by atoms with Gasteiger partial charge in [-0.15, -0.1) is 4.39 Å². The number of nitrogens with zero attached hydrogens (tertiary/aromatic N) is 1. The number of pyridine rings is 1. The van der Waals surface area contributed by atoms with Crippen molar-refractivity contribution < 1.29 is 13.8 Å². The Balaban J connectivity index is 2.25. The third kappa shape index (κ3) is 2.56. The van der Waals surface area contributed by atoms with Crippen LogP contribution in [0.2, 0.25) is 0 Å². The highest BCUT2D eigenvalue weighted by atomic mass is 19.1. The molecule has 0 spiro atoms. The summed E-state index contributed by atoms with van der Waals surface area (Å²) in [4.78, 5) is 11.9. The highest BCUT2D eigenvalue weighted by molar-refractivity contribution is 5.94. The molecule has 0 bridgehead atoms. The quantitative estimate of drug-likeness (QED) is 0.450. The molecule has 0 N–H and O–H groups in total. The van der Waals surface area contributed by atoms with Crippen LogP contribution in [0.15, 0.2) is 48.5 Å². The minimum Gasteiger partial charge on any atom is -0.287 e. The first-order chi connectivity index (χ1) is 8.18. The average molecular weight is 230 g/mol. The number of hydrogen-bond acceptors (Lipinski definition) is 1. The van der Waals surface area contributed by atoms with Gasteiger partial charge in [0.15, 0.2) is 5.69 Å². The van der Waals surface area contributed by atoms with Gasteiger partial charge in [0.05, 0.1) is 0 Å². The lowest BCUT2D eigenvalue weighted by Crippen LogP contribution is -2.44. The fourth-order valence-electron chi connectivity index (χ4n) is 1.67. The molecule has 0 atom stereocenters. The predicted octanol–water partition coefficient (Wildman–Crippen LogP) is 2.30. The predicted molar refractivity (Wildman–Crippen MR) is 62.1 cm³/mol. The summed E-state index contributed by atoms with van der Waals surface area (Å²) in [7, 11) is 0. The molecule has 2 nitrogen and oxygen atoms in total. The lowest BCUT2D eigenvalue weighted by Gasteiger charge is -2.01. The molecule has 2 aromatic rings. The molecule has 2 rings (SSSR count). The van der Waals surface area contributed by atoms with Gasteiger partial charge in [-0.3, -0.25) is 4.79 Å². The smallest absolute Gasteiger partial charge is 0.287 e. The topological polar surface area (TPSA) is 20.9 Å². The molecule has 86 valence electrons. The number of aromatic nitrogens is 1. The molecular formula is C14H13FNO+. The van der Waals surface area contributed by atoms with Crippen molar-refractivity contribution in [1.82, 2.24) is 0 Å². The number of halogens is 1. The Morgan fingerprint density at radius 2 is 1.82 bits per heavy atom. The standard InChI is InChI=1S/C14H13FNO/c1-11-6-5-9-14(15)16(11)10-13(17)12-7-3-2-4-8-12/h2-9H,10H2,1H3/q+1. The number of aryl methyl sites for hydroxylation is 1. The molecule has 0 aliphatic carbocycles. The van der Waals surface area contributed by atoms with Crippen LogP contribution in [0, 0.1) is 12.9 Å². The Morgan fingerprint density at radius 1 is 1.12 bits per heavy atom. The molecule has 0 saturated carbocycles. The number of benzene rings is 1. The van der Waals surface area contributed by atoms with Gasteiger partial charge >= 0.3 is 5.95 Å². The van der Waals surface area contributed by atoms with Crippen LogP contribution < -0.4 is 4.57 Å². The second kappa shape index (κ2) is 4.87. The maximum absolute atomic E-state index is 13.5. The Hall–Kier alpha value is -2.03. The Morgan fingerprint density at radius 3 is 2.47 bits per heavy atom. The second-order valence-electron chi connectivity index (χ2n) is 3.87. The lowest BCUT2D eigenvalue weighted by molar-refractivity contribution is -0.716. The number of carbonyl (C=O) groups is 1. The van der Waals surface area contributed by atoms with Gasteiger partial charge in [-0.1, -0.05) is 30.3 Å². The Labute approximate surface area is 99.3 Å². The van der Waals surface area contributed by atoms with Crippen LogP contribution in [0.1, 0.15) is 16.1 Å². The van der Waals surface area contributed by atoms with E-state index in [2.05, 4.69) is 0 Å². The minimum absolute atomic E-state index is 0.0303. The SMILES string of the molecule is Cc1cccc(F)[n+]1CC(=O)c1ccccc1. The number of carbonyl (C=O) groups excluding carboxylic acids is 1. The van der Waals surface area contributed by atoms with E-state index in [1.807, 2.05) is 6.07 Å². The van der Waals surface area contributed by atoms with Crippen LogP contribution in [-0.4, -0.2) is 5.78 Å². The average Bonchev–Trinajstić information content (AvgIpc) is 2.35.